The Morgan fingerprint density at radius 2 is 1.68 bits per heavy atom. The van der Waals surface area contributed by atoms with Crippen LogP contribution in [0.1, 0.15) is 36.3 Å². The highest BCUT2D eigenvalue weighted by atomic mass is 16.4. The summed E-state index contributed by atoms with van der Waals surface area (Å²) < 4.78 is 11.5. The van der Waals surface area contributed by atoms with Crippen molar-refractivity contribution in [2.24, 2.45) is 0 Å². The molecular formula is C23H26N2O3. The number of anilines is 1. The molecule has 0 saturated carbocycles. The molecule has 0 aliphatic carbocycles. The predicted molar refractivity (Wildman–Crippen MR) is 108 cm³/mol. The molecule has 0 spiro atoms. The van der Waals surface area contributed by atoms with Crippen LogP contribution in [0.15, 0.2) is 69.7 Å². The molecule has 3 aromatic rings. The van der Waals surface area contributed by atoms with E-state index in [-0.39, 0.29) is 5.91 Å². The molecule has 4 rings (SSSR count). The summed E-state index contributed by atoms with van der Waals surface area (Å²) >= 11 is 0. The first kappa shape index (κ1) is 18.4. The molecule has 1 saturated heterocycles. The van der Waals surface area contributed by atoms with Crippen LogP contribution < -0.4 is 4.90 Å². The topological polar surface area (TPSA) is 49.8 Å². The average molecular weight is 378 g/mol. The van der Waals surface area contributed by atoms with Gasteiger partial charge in [0.2, 0.25) is 5.91 Å². The SMILES string of the molecule is O=C(Cc1ccccc1)N(Cc1ccco1)Cc1ccc(N2CCCCC2)o1. The minimum atomic E-state index is 0.0542. The summed E-state index contributed by atoms with van der Waals surface area (Å²) in [5, 5.41) is 0. The zero-order chi connectivity index (χ0) is 19.2. The summed E-state index contributed by atoms with van der Waals surface area (Å²) in [6, 6.07) is 17.6. The lowest BCUT2D eigenvalue weighted by atomic mass is 10.1. The van der Waals surface area contributed by atoms with Crippen LogP contribution >= 0.6 is 0 Å². The lowest BCUT2D eigenvalue weighted by Crippen LogP contribution is -2.31. The molecule has 5 nitrogen and oxygen atoms in total. The van der Waals surface area contributed by atoms with Gasteiger partial charge in [-0.15, -0.1) is 0 Å². The van der Waals surface area contributed by atoms with Crippen molar-refractivity contribution in [2.45, 2.75) is 38.8 Å². The molecule has 2 aromatic heterocycles. The maximum Gasteiger partial charge on any atom is 0.227 e. The Hall–Kier alpha value is -2.95. The Labute approximate surface area is 165 Å². The highest BCUT2D eigenvalue weighted by Gasteiger charge is 2.20. The average Bonchev–Trinajstić information content (AvgIpc) is 3.41. The van der Waals surface area contributed by atoms with Gasteiger partial charge in [-0.05, 0) is 43.0 Å². The van der Waals surface area contributed by atoms with Crippen molar-refractivity contribution >= 4 is 11.8 Å². The van der Waals surface area contributed by atoms with Gasteiger partial charge in [-0.3, -0.25) is 4.79 Å². The fourth-order valence-corrected chi connectivity index (χ4v) is 3.63. The van der Waals surface area contributed by atoms with E-state index in [2.05, 4.69) is 4.90 Å². The van der Waals surface area contributed by atoms with E-state index in [1.807, 2.05) is 54.6 Å². The molecule has 0 unspecified atom stereocenters. The summed E-state index contributed by atoms with van der Waals surface area (Å²) in [7, 11) is 0. The highest BCUT2D eigenvalue weighted by molar-refractivity contribution is 5.78. The first-order valence-corrected chi connectivity index (χ1v) is 9.96. The van der Waals surface area contributed by atoms with E-state index in [1.54, 1.807) is 11.2 Å². The van der Waals surface area contributed by atoms with E-state index in [1.165, 1.54) is 19.3 Å². The van der Waals surface area contributed by atoms with E-state index in [0.29, 0.717) is 19.5 Å². The van der Waals surface area contributed by atoms with Gasteiger partial charge in [-0.2, -0.15) is 0 Å². The second kappa shape index (κ2) is 8.83. The predicted octanol–water partition coefficient (Wildman–Crippen LogP) is 4.63. The number of hydrogen-bond donors (Lipinski definition) is 0. The van der Waals surface area contributed by atoms with Crippen LogP contribution in [0.4, 0.5) is 5.88 Å². The summed E-state index contributed by atoms with van der Waals surface area (Å²) in [6.07, 6.45) is 5.69. The molecule has 1 fully saturated rings. The van der Waals surface area contributed by atoms with Crippen LogP contribution in [0.5, 0.6) is 0 Å². The van der Waals surface area contributed by atoms with Gasteiger partial charge in [0.15, 0.2) is 5.88 Å². The number of benzene rings is 1. The van der Waals surface area contributed by atoms with Crippen LogP contribution in [0, 0.1) is 0 Å². The monoisotopic (exact) mass is 378 g/mol. The molecule has 1 amide bonds. The number of piperidine rings is 1. The molecule has 5 heteroatoms. The Morgan fingerprint density at radius 3 is 2.43 bits per heavy atom. The largest absolute Gasteiger partial charge is 0.467 e. The molecule has 3 heterocycles. The summed E-state index contributed by atoms with van der Waals surface area (Å²) in [4.78, 5) is 17.1. The minimum Gasteiger partial charge on any atom is -0.467 e. The molecule has 146 valence electrons. The Balaban J connectivity index is 1.47. The highest BCUT2D eigenvalue weighted by Crippen LogP contribution is 2.24. The van der Waals surface area contributed by atoms with Gasteiger partial charge >= 0.3 is 0 Å². The van der Waals surface area contributed by atoms with Crippen molar-refractivity contribution in [1.82, 2.24) is 4.90 Å². The number of carbonyl (C=O) groups is 1. The molecular weight excluding hydrogens is 352 g/mol. The van der Waals surface area contributed by atoms with E-state index < -0.39 is 0 Å². The fraction of sp³-hybridized carbons (Fsp3) is 0.348. The van der Waals surface area contributed by atoms with Crippen LogP contribution in [0.3, 0.4) is 0 Å². The van der Waals surface area contributed by atoms with E-state index in [4.69, 9.17) is 8.83 Å². The van der Waals surface area contributed by atoms with Gasteiger partial charge in [0.05, 0.1) is 25.8 Å². The van der Waals surface area contributed by atoms with Gasteiger partial charge in [-0.1, -0.05) is 30.3 Å². The third kappa shape index (κ3) is 4.66. The van der Waals surface area contributed by atoms with Gasteiger partial charge in [0.1, 0.15) is 11.5 Å². The third-order valence-corrected chi connectivity index (χ3v) is 5.14. The third-order valence-electron chi connectivity index (χ3n) is 5.14. The van der Waals surface area contributed by atoms with Crippen LogP contribution in [0.25, 0.3) is 0 Å². The summed E-state index contributed by atoms with van der Waals surface area (Å²) in [5.41, 5.74) is 1.00. The zero-order valence-corrected chi connectivity index (χ0v) is 16.0. The summed E-state index contributed by atoms with van der Waals surface area (Å²) in [6.45, 7) is 2.94. The molecule has 1 aromatic carbocycles. The maximum atomic E-state index is 13.0. The lowest BCUT2D eigenvalue weighted by Gasteiger charge is -2.26. The Bertz CT molecular complexity index is 864. The lowest BCUT2D eigenvalue weighted by molar-refractivity contribution is -0.132. The number of hydrogen-bond acceptors (Lipinski definition) is 4. The van der Waals surface area contributed by atoms with Crippen LogP contribution in [0.2, 0.25) is 0 Å². The standard InChI is InChI=1S/C23H26N2O3/c26-22(16-19-8-3-1-4-9-19)25(17-20-10-7-15-27-20)18-21-11-12-23(28-21)24-13-5-2-6-14-24/h1,3-4,7-12,15H,2,5-6,13-14,16-18H2. The van der Waals surface area contributed by atoms with Crippen molar-refractivity contribution in [2.75, 3.05) is 18.0 Å². The van der Waals surface area contributed by atoms with Crippen molar-refractivity contribution in [3.63, 3.8) is 0 Å². The van der Waals surface area contributed by atoms with Gasteiger partial charge in [0.25, 0.3) is 0 Å². The first-order chi connectivity index (χ1) is 13.8. The first-order valence-electron chi connectivity index (χ1n) is 9.96. The molecule has 0 bridgehead atoms. The quantitative estimate of drug-likeness (QED) is 0.601. The second-order valence-electron chi connectivity index (χ2n) is 7.28. The fourth-order valence-electron chi connectivity index (χ4n) is 3.63. The van der Waals surface area contributed by atoms with Crippen LogP contribution in [-0.4, -0.2) is 23.9 Å². The van der Waals surface area contributed by atoms with Gasteiger partial charge in [-0.25, -0.2) is 0 Å². The molecule has 1 aliphatic heterocycles. The minimum absolute atomic E-state index is 0.0542. The molecule has 28 heavy (non-hydrogen) atoms. The molecule has 0 atom stereocenters. The normalized spacial score (nSPS) is 14.2. The van der Waals surface area contributed by atoms with Crippen molar-refractivity contribution in [1.29, 1.82) is 0 Å². The van der Waals surface area contributed by atoms with Crippen molar-refractivity contribution in [3.05, 3.63) is 77.9 Å². The molecule has 0 radical (unpaired) electrons. The van der Waals surface area contributed by atoms with E-state index >= 15 is 0 Å². The van der Waals surface area contributed by atoms with E-state index in [0.717, 1.165) is 36.1 Å². The van der Waals surface area contributed by atoms with Crippen molar-refractivity contribution < 1.29 is 13.6 Å². The summed E-state index contributed by atoms with van der Waals surface area (Å²) in [5.74, 6) is 2.53. The number of nitrogens with zero attached hydrogens (tertiary/aromatic N) is 2. The Morgan fingerprint density at radius 1 is 0.893 bits per heavy atom. The molecule has 0 N–H and O–H groups in total. The number of amides is 1. The van der Waals surface area contributed by atoms with Gasteiger partial charge < -0.3 is 18.6 Å². The second-order valence-corrected chi connectivity index (χ2v) is 7.28. The maximum absolute atomic E-state index is 13.0. The smallest absolute Gasteiger partial charge is 0.227 e. The Kier molecular flexibility index (Phi) is 5.80. The van der Waals surface area contributed by atoms with Crippen LogP contribution in [-0.2, 0) is 24.3 Å². The van der Waals surface area contributed by atoms with Gasteiger partial charge in [0, 0.05) is 19.2 Å². The molecule has 1 aliphatic rings. The number of rotatable bonds is 7. The number of furan rings is 2. The zero-order valence-electron chi connectivity index (χ0n) is 16.0. The number of carbonyl (C=O) groups excluding carboxylic acids is 1. The van der Waals surface area contributed by atoms with E-state index in [9.17, 15) is 4.79 Å². The van der Waals surface area contributed by atoms with Crippen molar-refractivity contribution in [3.8, 4) is 0 Å².